The highest BCUT2D eigenvalue weighted by molar-refractivity contribution is 5.90. The van der Waals surface area contributed by atoms with Crippen LogP contribution in [0.15, 0.2) is 18.6 Å². The van der Waals surface area contributed by atoms with Gasteiger partial charge in [0.2, 0.25) is 5.82 Å². The summed E-state index contributed by atoms with van der Waals surface area (Å²) < 4.78 is 6.41. The maximum atomic E-state index is 12.5. The van der Waals surface area contributed by atoms with Crippen LogP contribution in [0.1, 0.15) is 16.3 Å². The van der Waals surface area contributed by atoms with Crippen molar-refractivity contribution in [2.24, 2.45) is 13.0 Å². The molecule has 0 unspecified atom stereocenters. The zero-order chi connectivity index (χ0) is 16.4. The first-order valence-corrected chi connectivity index (χ1v) is 7.25. The molecule has 0 radical (unpaired) electrons. The molecule has 1 amide bonds. The molecule has 0 aromatic carbocycles. The number of aliphatic hydroxyl groups excluding tert-OH is 1. The number of aromatic nitrogens is 5. The smallest absolute Gasteiger partial charge is 0.314 e. The van der Waals surface area contributed by atoms with Crippen molar-refractivity contribution in [3.05, 3.63) is 30.1 Å². The molecule has 122 valence electrons. The normalized spacial score (nSPS) is 20.7. The molecule has 0 bridgehead atoms. The van der Waals surface area contributed by atoms with Crippen LogP contribution in [0.5, 0.6) is 6.01 Å². The Kier molecular flexibility index (Phi) is 4.20. The zero-order valence-corrected chi connectivity index (χ0v) is 13.0. The van der Waals surface area contributed by atoms with E-state index < -0.39 is 6.10 Å². The van der Waals surface area contributed by atoms with Gasteiger partial charge < -0.3 is 14.7 Å². The second-order valence-corrected chi connectivity index (χ2v) is 5.48. The number of carbonyl (C=O) groups excluding carboxylic acids is 1. The van der Waals surface area contributed by atoms with Crippen molar-refractivity contribution in [3.63, 3.8) is 0 Å². The Morgan fingerprint density at radius 2 is 2.26 bits per heavy atom. The Labute approximate surface area is 132 Å². The summed E-state index contributed by atoms with van der Waals surface area (Å²) in [5, 5.41) is 14.3. The van der Waals surface area contributed by atoms with Crippen molar-refractivity contribution in [1.29, 1.82) is 0 Å². The Morgan fingerprint density at radius 1 is 1.43 bits per heavy atom. The first-order valence-electron chi connectivity index (χ1n) is 7.25. The van der Waals surface area contributed by atoms with E-state index in [4.69, 9.17) is 4.74 Å². The van der Waals surface area contributed by atoms with Crippen LogP contribution in [0, 0.1) is 5.92 Å². The van der Waals surface area contributed by atoms with Gasteiger partial charge in [0, 0.05) is 44.6 Å². The van der Waals surface area contributed by atoms with Crippen LogP contribution < -0.4 is 4.74 Å². The minimum Gasteiger partial charge on any atom is -0.467 e. The minimum atomic E-state index is -0.605. The first kappa shape index (κ1) is 15.3. The van der Waals surface area contributed by atoms with E-state index >= 15 is 0 Å². The van der Waals surface area contributed by atoms with Crippen molar-refractivity contribution in [2.45, 2.75) is 12.5 Å². The number of hydrogen-bond acceptors (Lipinski definition) is 7. The molecule has 9 heteroatoms. The molecule has 3 heterocycles. The van der Waals surface area contributed by atoms with Gasteiger partial charge in [-0.2, -0.15) is 4.98 Å². The van der Waals surface area contributed by atoms with E-state index in [9.17, 15) is 9.90 Å². The van der Waals surface area contributed by atoms with Gasteiger partial charge in [0.05, 0.1) is 18.9 Å². The summed E-state index contributed by atoms with van der Waals surface area (Å²) in [6, 6.07) is 0.268. The van der Waals surface area contributed by atoms with Gasteiger partial charge in [0.1, 0.15) is 0 Å². The van der Waals surface area contributed by atoms with Gasteiger partial charge in [0.25, 0.3) is 5.91 Å². The van der Waals surface area contributed by atoms with Crippen LogP contribution in [0.25, 0.3) is 0 Å². The molecular weight excluding hydrogens is 300 g/mol. The number of β-amino-alcohol motifs (C(OH)–C–C–N with tert-alkyl or cyclic N) is 1. The average Bonchev–Trinajstić information content (AvgIpc) is 3.11. The Hall–Kier alpha value is -2.55. The number of methoxy groups -OCH3 is 1. The number of likely N-dealkylation sites (tertiary alicyclic amines) is 1. The van der Waals surface area contributed by atoms with Gasteiger partial charge in [-0.25, -0.2) is 4.68 Å². The summed E-state index contributed by atoms with van der Waals surface area (Å²) in [7, 11) is 3.12. The summed E-state index contributed by atoms with van der Waals surface area (Å²) in [4.78, 5) is 26.3. The van der Waals surface area contributed by atoms with Crippen LogP contribution in [-0.4, -0.2) is 66.9 Å². The third-order valence-corrected chi connectivity index (χ3v) is 3.88. The van der Waals surface area contributed by atoms with Crippen LogP contribution in [-0.2, 0) is 13.5 Å². The quantitative estimate of drug-likeness (QED) is 0.793. The molecule has 1 fully saturated rings. The van der Waals surface area contributed by atoms with Gasteiger partial charge >= 0.3 is 6.01 Å². The molecule has 1 N–H and O–H groups in total. The van der Waals surface area contributed by atoms with E-state index in [-0.39, 0.29) is 30.2 Å². The Bertz CT molecular complexity index is 689. The number of aliphatic hydroxyl groups is 1. The molecule has 0 saturated carbocycles. The largest absolute Gasteiger partial charge is 0.467 e. The van der Waals surface area contributed by atoms with Crippen LogP contribution >= 0.6 is 0 Å². The molecule has 0 spiro atoms. The molecule has 3 rings (SSSR count). The average molecular weight is 318 g/mol. The van der Waals surface area contributed by atoms with Crippen LogP contribution in [0.4, 0.5) is 0 Å². The molecule has 23 heavy (non-hydrogen) atoms. The maximum Gasteiger partial charge on any atom is 0.314 e. The lowest BCUT2D eigenvalue weighted by atomic mass is 10.0. The third-order valence-electron chi connectivity index (χ3n) is 3.88. The standard InChI is InChI=1S/C14H18N6O3/c1-19-14(23-2)17-12(18-19)13(22)20-7-9(11(21)8-20)5-10-6-15-3-4-16-10/h3-4,6,9,11,21H,5,7-8H2,1-2H3/t9-,11-/m1/s1. The number of aryl methyl sites for hydroxylation is 1. The van der Waals surface area contributed by atoms with Gasteiger partial charge in [-0.3, -0.25) is 14.8 Å². The van der Waals surface area contributed by atoms with Gasteiger partial charge in [0.15, 0.2) is 0 Å². The monoisotopic (exact) mass is 318 g/mol. The zero-order valence-electron chi connectivity index (χ0n) is 13.0. The number of rotatable bonds is 4. The van der Waals surface area contributed by atoms with Gasteiger partial charge in [-0.05, 0) is 6.42 Å². The number of hydrogen-bond donors (Lipinski definition) is 1. The predicted molar refractivity (Wildman–Crippen MR) is 78.7 cm³/mol. The fraction of sp³-hybridized carbons (Fsp3) is 0.500. The third kappa shape index (κ3) is 3.14. The number of ether oxygens (including phenoxy) is 1. The summed E-state index contributed by atoms with van der Waals surface area (Å²) in [6.07, 6.45) is 4.85. The minimum absolute atomic E-state index is 0.0664. The van der Waals surface area contributed by atoms with Crippen molar-refractivity contribution in [2.75, 3.05) is 20.2 Å². The summed E-state index contributed by atoms with van der Waals surface area (Å²) in [5.74, 6) is -0.331. The molecule has 2 atom stereocenters. The van der Waals surface area contributed by atoms with E-state index in [1.807, 2.05) is 0 Å². The number of carbonyl (C=O) groups is 1. The highest BCUT2D eigenvalue weighted by Crippen LogP contribution is 2.22. The Balaban J connectivity index is 1.68. The fourth-order valence-electron chi connectivity index (χ4n) is 2.70. The predicted octanol–water partition coefficient (Wildman–Crippen LogP) is -0.711. The number of amides is 1. The lowest BCUT2D eigenvalue weighted by Gasteiger charge is -2.13. The van der Waals surface area contributed by atoms with Crippen LogP contribution in [0.3, 0.4) is 0 Å². The molecule has 2 aromatic heterocycles. The second kappa shape index (κ2) is 6.29. The first-order chi connectivity index (χ1) is 11.1. The molecule has 1 saturated heterocycles. The van der Waals surface area contributed by atoms with E-state index in [2.05, 4.69) is 20.1 Å². The Morgan fingerprint density at radius 3 is 2.91 bits per heavy atom. The van der Waals surface area contributed by atoms with Gasteiger partial charge in [-0.1, -0.05) is 0 Å². The fourth-order valence-corrected chi connectivity index (χ4v) is 2.70. The molecule has 1 aliphatic heterocycles. The molecule has 9 nitrogen and oxygen atoms in total. The molecule has 0 aliphatic carbocycles. The van der Waals surface area contributed by atoms with Gasteiger partial charge in [-0.15, -0.1) is 5.10 Å². The highest BCUT2D eigenvalue weighted by Gasteiger charge is 2.36. The van der Waals surface area contributed by atoms with Crippen molar-refractivity contribution in [3.8, 4) is 6.01 Å². The van der Waals surface area contributed by atoms with E-state index in [0.29, 0.717) is 13.0 Å². The molecular formula is C14H18N6O3. The number of nitrogens with zero attached hydrogens (tertiary/aromatic N) is 6. The summed E-state index contributed by atoms with van der Waals surface area (Å²) >= 11 is 0. The highest BCUT2D eigenvalue weighted by atomic mass is 16.5. The SMILES string of the molecule is COc1nc(C(=O)N2C[C@@H](Cc3cnccn3)[C@H](O)C2)nn1C. The van der Waals surface area contributed by atoms with Crippen molar-refractivity contribution >= 4 is 5.91 Å². The summed E-state index contributed by atoms with van der Waals surface area (Å²) in [6.45, 7) is 0.682. The van der Waals surface area contributed by atoms with E-state index in [1.54, 1.807) is 30.5 Å². The van der Waals surface area contributed by atoms with E-state index in [1.165, 1.54) is 11.8 Å². The van der Waals surface area contributed by atoms with Crippen LogP contribution in [0.2, 0.25) is 0 Å². The molecule has 2 aromatic rings. The molecule has 1 aliphatic rings. The van der Waals surface area contributed by atoms with E-state index in [0.717, 1.165) is 5.69 Å². The summed E-state index contributed by atoms with van der Waals surface area (Å²) in [5.41, 5.74) is 0.795. The topological polar surface area (TPSA) is 106 Å². The lowest BCUT2D eigenvalue weighted by Crippen LogP contribution is -2.30. The lowest BCUT2D eigenvalue weighted by molar-refractivity contribution is 0.0752. The van der Waals surface area contributed by atoms with Crippen molar-refractivity contribution in [1.82, 2.24) is 29.6 Å². The maximum absolute atomic E-state index is 12.5. The second-order valence-electron chi connectivity index (χ2n) is 5.48. The van der Waals surface area contributed by atoms with Crippen molar-refractivity contribution < 1.29 is 14.6 Å².